The van der Waals surface area contributed by atoms with Gasteiger partial charge in [0.1, 0.15) is 5.82 Å². The maximum atomic E-state index is 14.0. The summed E-state index contributed by atoms with van der Waals surface area (Å²) in [5.74, 6) is -0.182. The summed E-state index contributed by atoms with van der Waals surface area (Å²) >= 11 is 0. The van der Waals surface area contributed by atoms with Gasteiger partial charge in [0.15, 0.2) is 0 Å². The van der Waals surface area contributed by atoms with E-state index in [1.165, 1.54) is 36.6 Å². The number of halogens is 1. The Morgan fingerprint density at radius 2 is 1.73 bits per heavy atom. The number of benzene rings is 2. The van der Waals surface area contributed by atoms with Crippen molar-refractivity contribution in [2.45, 2.75) is 26.2 Å². The predicted octanol–water partition coefficient (Wildman–Crippen LogP) is 5.84. The van der Waals surface area contributed by atoms with E-state index in [-0.39, 0.29) is 5.82 Å². The summed E-state index contributed by atoms with van der Waals surface area (Å²) in [5, 5.41) is 1.58. The van der Waals surface area contributed by atoms with E-state index >= 15 is 0 Å². The summed E-state index contributed by atoms with van der Waals surface area (Å²) in [6.07, 6.45) is 9.84. The maximum absolute atomic E-state index is 14.0. The second-order valence-corrected chi connectivity index (χ2v) is 6.96. The van der Waals surface area contributed by atoms with Gasteiger partial charge in [-0.1, -0.05) is 36.4 Å². The number of fused-ring (bicyclic) bond motifs is 1. The first-order valence-corrected chi connectivity index (χ1v) is 9.29. The van der Waals surface area contributed by atoms with Gasteiger partial charge in [0.05, 0.1) is 5.69 Å². The molecule has 0 radical (unpaired) electrons. The van der Waals surface area contributed by atoms with Crippen LogP contribution in [-0.2, 0) is 0 Å². The van der Waals surface area contributed by atoms with E-state index < -0.39 is 0 Å². The molecule has 0 spiro atoms. The molecule has 0 N–H and O–H groups in total. The van der Waals surface area contributed by atoms with Crippen LogP contribution in [0, 0.1) is 12.7 Å². The van der Waals surface area contributed by atoms with Crippen molar-refractivity contribution >= 4 is 28.6 Å². The Labute approximate surface area is 154 Å². The van der Waals surface area contributed by atoms with Crippen LogP contribution in [0.3, 0.4) is 0 Å². The molecule has 132 valence electrons. The van der Waals surface area contributed by atoms with Crippen LogP contribution in [0.2, 0.25) is 0 Å². The van der Waals surface area contributed by atoms with Gasteiger partial charge in [0.2, 0.25) is 0 Å². The molecular weight excluding hydrogens is 323 g/mol. The summed E-state index contributed by atoms with van der Waals surface area (Å²) in [7, 11) is 0. The molecule has 0 bridgehead atoms. The molecule has 0 unspecified atom stereocenters. The van der Waals surface area contributed by atoms with Gasteiger partial charge in [-0.15, -0.1) is 0 Å². The van der Waals surface area contributed by atoms with E-state index in [4.69, 9.17) is 0 Å². The smallest absolute Gasteiger partial charge is 0.131 e. The first-order valence-electron chi connectivity index (χ1n) is 9.29. The maximum Gasteiger partial charge on any atom is 0.131 e. The number of anilines is 1. The monoisotopic (exact) mass is 346 g/mol. The molecule has 1 aromatic heterocycles. The molecule has 0 saturated carbocycles. The third kappa shape index (κ3) is 3.34. The van der Waals surface area contributed by atoms with Crippen molar-refractivity contribution in [3.8, 4) is 0 Å². The number of nitrogens with zero attached hydrogens (tertiary/aromatic N) is 2. The summed E-state index contributed by atoms with van der Waals surface area (Å²) in [4.78, 5) is 7.02. The molecule has 1 saturated heterocycles. The third-order valence-corrected chi connectivity index (χ3v) is 5.13. The number of hydrogen-bond donors (Lipinski definition) is 0. The number of piperidine rings is 1. The first kappa shape index (κ1) is 16.8. The molecule has 0 atom stereocenters. The van der Waals surface area contributed by atoms with Crippen molar-refractivity contribution in [3.63, 3.8) is 0 Å². The van der Waals surface area contributed by atoms with Gasteiger partial charge in [0, 0.05) is 30.4 Å². The van der Waals surface area contributed by atoms with Crippen molar-refractivity contribution in [1.82, 2.24) is 4.98 Å². The lowest BCUT2D eigenvalue weighted by molar-refractivity contribution is 0.577. The topological polar surface area (TPSA) is 16.1 Å². The second kappa shape index (κ2) is 7.28. The van der Waals surface area contributed by atoms with Crippen LogP contribution in [0.25, 0.3) is 22.9 Å². The second-order valence-electron chi connectivity index (χ2n) is 6.96. The summed E-state index contributed by atoms with van der Waals surface area (Å²) in [6.45, 7) is 4.37. The Morgan fingerprint density at radius 1 is 0.962 bits per heavy atom. The van der Waals surface area contributed by atoms with E-state index in [2.05, 4.69) is 22.9 Å². The van der Waals surface area contributed by atoms with E-state index in [1.807, 2.05) is 48.7 Å². The van der Waals surface area contributed by atoms with E-state index in [0.29, 0.717) is 5.39 Å². The van der Waals surface area contributed by atoms with Crippen molar-refractivity contribution in [3.05, 3.63) is 71.3 Å². The number of aryl methyl sites for hydroxylation is 1. The molecular formula is C23H23FN2. The first-order chi connectivity index (χ1) is 12.7. The van der Waals surface area contributed by atoms with Gasteiger partial charge in [-0.25, -0.2) is 4.39 Å². The zero-order chi connectivity index (χ0) is 17.9. The van der Waals surface area contributed by atoms with Crippen LogP contribution < -0.4 is 4.90 Å². The SMILES string of the molecule is Cc1cnc(C=Cc2ccc(F)c3ccccc23)cc1N1CCCCC1. The highest BCUT2D eigenvalue weighted by Crippen LogP contribution is 2.26. The zero-order valence-corrected chi connectivity index (χ0v) is 15.1. The van der Waals surface area contributed by atoms with Crippen LogP contribution in [0.5, 0.6) is 0 Å². The van der Waals surface area contributed by atoms with Crippen LogP contribution >= 0.6 is 0 Å². The molecule has 2 aromatic carbocycles. The van der Waals surface area contributed by atoms with Crippen molar-refractivity contribution in [2.24, 2.45) is 0 Å². The molecule has 2 nitrogen and oxygen atoms in total. The number of rotatable bonds is 3. The summed E-state index contributed by atoms with van der Waals surface area (Å²) < 4.78 is 14.0. The minimum Gasteiger partial charge on any atom is -0.371 e. The Morgan fingerprint density at radius 3 is 2.54 bits per heavy atom. The Kier molecular flexibility index (Phi) is 4.70. The quantitative estimate of drug-likeness (QED) is 0.592. The minimum atomic E-state index is -0.182. The fourth-order valence-electron chi connectivity index (χ4n) is 3.70. The molecule has 3 aromatic rings. The highest BCUT2D eigenvalue weighted by molar-refractivity contribution is 5.93. The van der Waals surface area contributed by atoms with E-state index in [0.717, 1.165) is 29.7 Å². The van der Waals surface area contributed by atoms with Crippen molar-refractivity contribution < 1.29 is 4.39 Å². The molecule has 4 rings (SSSR count). The molecule has 0 aliphatic carbocycles. The van der Waals surface area contributed by atoms with E-state index in [1.54, 1.807) is 0 Å². The predicted molar refractivity (Wildman–Crippen MR) is 108 cm³/mol. The van der Waals surface area contributed by atoms with Gasteiger partial charge in [-0.05, 0) is 60.9 Å². The molecule has 0 amide bonds. The lowest BCUT2D eigenvalue weighted by Crippen LogP contribution is -2.30. The highest BCUT2D eigenvalue weighted by Gasteiger charge is 2.13. The van der Waals surface area contributed by atoms with Crippen molar-refractivity contribution in [1.29, 1.82) is 0 Å². The number of pyridine rings is 1. The average molecular weight is 346 g/mol. The number of aromatic nitrogens is 1. The lowest BCUT2D eigenvalue weighted by atomic mass is 10.0. The standard InChI is InChI=1S/C23H23FN2/c1-17-16-25-19(15-23(17)26-13-5-2-6-14-26)11-9-18-10-12-22(24)21-8-4-3-7-20(18)21/h3-4,7-12,15-16H,2,5-6,13-14H2,1H3. The normalized spacial score (nSPS) is 15.1. The van der Waals surface area contributed by atoms with Crippen LogP contribution in [0.15, 0.2) is 48.7 Å². The summed E-state index contributed by atoms with van der Waals surface area (Å²) in [5.41, 5.74) is 4.44. The molecule has 1 aliphatic heterocycles. The fraction of sp³-hybridized carbons (Fsp3) is 0.261. The van der Waals surface area contributed by atoms with Crippen LogP contribution in [-0.4, -0.2) is 18.1 Å². The highest BCUT2D eigenvalue weighted by atomic mass is 19.1. The average Bonchev–Trinajstić information content (AvgIpc) is 2.69. The van der Waals surface area contributed by atoms with Crippen molar-refractivity contribution in [2.75, 3.05) is 18.0 Å². The summed E-state index contributed by atoms with van der Waals surface area (Å²) in [6, 6.07) is 13.1. The van der Waals surface area contributed by atoms with Gasteiger partial charge in [-0.3, -0.25) is 4.98 Å². The van der Waals surface area contributed by atoms with Gasteiger partial charge < -0.3 is 4.90 Å². The Balaban J connectivity index is 1.66. The number of hydrogen-bond acceptors (Lipinski definition) is 2. The fourth-order valence-corrected chi connectivity index (χ4v) is 3.70. The van der Waals surface area contributed by atoms with E-state index in [9.17, 15) is 4.39 Å². The lowest BCUT2D eigenvalue weighted by Gasteiger charge is -2.30. The third-order valence-electron chi connectivity index (χ3n) is 5.13. The minimum absolute atomic E-state index is 0.182. The molecule has 3 heteroatoms. The molecule has 2 heterocycles. The van der Waals surface area contributed by atoms with Crippen LogP contribution in [0.1, 0.15) is 36.1 Å². The van der Waals surface area contributed by atoms with Gasteiger partial charge in [0.25, 0.3) is 0 Å². The van der Waals surface area contributed by atoms with Gasteiger partial charge >= 0.3 is 0 Å². The molecule has 26 heavy (non-hydrogen) atoms. The van der Waals surface area contributed by atoms with Gasteiger partial charge in [-0.2, -0.15) is 0 Å². The molecule has 1 aliphatic rings. The van der Waals surface area contributed by atoms with Crippen LogP contribution in [0.4, 0.5) is 10.1 Å². The molecule has 1 fully saturated rings. The Bertz CT molecular complexity index is 956. The largest absolute Gasteiger partial charge is 0.371 e. The zero-order valence-electron chi connectivity index (χ0n) is 15.1. The Hall–Kier alpha value is -2.68.